The van der Waals surface area contributed by atoms with Crippen molar-refractivity contribution >= 4 is 0 Å². The molecule has 1 unspecified atom stereocenters. The summed E-state index contributed by atoms with van der Waals surface area (Å²) in [5.74, 6) is 0. The smallest absolute Gasteiger partial charge is 0.0991 e. The van der Waals surface area contributed by atoms with Gasteiger partial charge in [0.25, 0.3) is 0 Å². The van der Waals surface area contributed by atoms with Crippen LogP contribution in [0, 0.1) is 11.3 Å². The summed E-state index contributed by atoms with van der Waals surface area (Å²) in [7, 11) is 2.01. The molecule has 0 saturated carbocycles. The Kier molecular flexibility index (Phi) is 4.13. The van der Waals surface area contributed by atoms with Crippen molar-refractivity contribution in [1.29, 1.82) is 5.26 Å². The Balaban J connectivity index is 1.97. The van der Waals surface area contributed by atoms with E-state index in [0.717, 1.165) is 18.7 Å². The number of hydrogen-bond acceptors (Lipinski definition) is 3. The topological polar surface area (TPSA) is 39.1 Å². The molecule has 1 saturated heterocycles. The minimum absolute atomic E-state index is 0.663. The van der Waals surface area contributed by atoms with Crippen LogP contribution in [0.1, 0.15) is 24.0 Å². The highest BCUT2D eigenvalue weighted by Gasteiger charge is 2.23. The quantitative estimate of drug-likeness (QED) is 0.855. The lowest BCUT2D eigenvalue weighted by Gasteiger charge is -2.24. The summed E-state index contributed by atoms with van der Waals surface area (Å²) in [6, 6.07) is 10.7. The summed E-state index contributed by atoms with van der Waals surface area (Å²) in [5, 5.41) is 12.0. The van der Waals surface area contributed by atoms with Crippen molar-refractivity contribution in [2.24, 2.45) is 0 Å². The molecule has 0 aromatic heterocycles. The second-order valence-corrected chi connectivity index (χ2v) is 4.63. The van der Waals surface area contributed by atoms with Crippen LogP contribution in [0.4, 0.5) is 0 Å². The van der Waals surface area contributed by atoms with Crippen LogP contribution in [0.2, 0.25) is 0 Å². The molecule has 90 valence electrons. The first-order valence-electron chi connectivity index (χ1n) is 6.21. The fourth-order valence-electron chi connectivity index (χ4n) is 2.49. The predicted molar refractivity (Wildman–Crippen MR) is 68.5 cm³/mol. The molecule has 1 atom stereocenters. The average molecular weight is 229 g/mol. The van der Waals surface area contributed by atoms with Crippen molar-refractivity contribution in [3.05, 3.63) is 35.4 Å². The van der Waals surface area contributed by atoms with E-state index in [1.165, 1.54) is 24.9 Å². The van der Waals surface area contributed by atoms with Gasteiger partial charge in [-0.2, -0.15) is 5.26 Å². The number of benzene rings is 1. The van der Waals surface area contributed by atoms with Crippen LogP contribution in [0.5, 0.6) is 0 Å². The molecule has 2 rings (SSSR count). The van der Waals surface area contributed by atoms with Crippen molar-refractivity contribution in [2.45, 2.75) is 25.4 Å². The third kappa shape index (κ3) is 3.06. The lowest BCUT2D eigenvalue weighted by Crippen LogP contribution is -2.36. The maximum Gasteiger partial charge on any atom is 0.0991 e. The normalized spacial score (nSPS) is 20.4. The van der Waals surface area contributed by atoms with E-state index in [0.29, 0.717) is 6.04 Å². The minimum atomic E-state index is 0.663. The van der Waals surface area contributed by atoms with Crippen LogP contribution >= 0.6 is 0 Å². The molecule has 1 aromatic carbocycles. The molecule has 1 aliphatic heterocycles. The summed E-state index contributed by atoms with van der Waals surface area (Å²) in [6.07, 6.45) is 2.58. The van der Waals surface area contributed by atoms with Crippen molar-refractivity contribution in [3.8, 4) is 6.07 Å². The largest absolute Gasteiger partial charge is 0.318 e. The maximum absolute atomic E-state index is 8.76. The number of likely N-dealkylation sites (N-methyl/N-ethyl adjacent to an activating group) is 1. The molecule has 0 spiro atoms. The molecule has 3 nitrogen and oxygen atoms in total. The first kappa shape index (κ1) is 12.1. The Bertz CT molecular complexity index is 391. The summed E-state index contributed by atoms with van der Waals surface area (Å²) in [4.78, 5) is 2.53. The van der Waals surface area contributed by atoms with Crippen LogP contribution in [0.25, 0.3) is 0 Å². The number of rotatable bonds is 4. The summed E-state index contributed by atoms with van der Waals surface area (Å²) < 4.78 is 0. The van der Waals surface area contributed by atoms with E-state index in [1.54, 1.807) is 0 Å². The lowest BCUT2D eigenvalue weighted by atomic mass is 10.1. The Hall–Kier alpha value is -1.37. The van der Waals surface area contributed by atoms with Gasteiger partial charge in [0, 0.05) is 19.1 Å². The Labute approximate surface area is 103 Å². The second-order valence-electron chi connectivity index (χ2n) is 4.63. The molecule has 0 aliphatic carbocycles. The van der Waals surface area contributed by atoms with E-state index in [9.17, 15) is 0 Å². The summed E-state index contributed by atoms with van der Waals surface area (Å²) in [5.41, 5.74) is 2.04. The monoisotopic (exact) mass is 229 g/mol. The Morgan fingerprint density at radius 3 is 2.82 bits per heavy atom. The molecule has 17 heavy (non-hydrogen) atoms. The zero-order valence-corrected chi connectivity index (χ0v) is 10.3. The molecule has 1 aromatic rings. The second kappa shape index (κ2) is 5.81. The first-order valence-corrected chi connectivity index (χ1v) is 6.21. The van der Waals surface area contributed by atoms with Gasteiger partial charge in [0.05, 0.1) is 11.6 Å². The molecular weight excluding hydrogens is 210 g/mol. The maximum atomic E-state index is 8.76. The van der Waals surface area contributed by atoms with Gasteiger partial charge in [0.1, 0.15) is 0 Å². The van der Waals surface area contributed by atoms with Crippen LogP contribution in [0.15, 0.2) is 24.3 Å². The highest BCUT2D eigenvalue weighted by atomic mass is 15.2. The molecular formula is C14H19N3. The summed E-state index contributed by atoms with van der Waals surface area (Å²) in [6.45, 7) is 3.25. The molecule has 0 radical (unpaired) electrons. The number of likely N-dealkylation sites (tertiary alicyclic amines) is 1. The van der Waals surface area contributed by atoms with E-state index in [-0.39, 0.29) is 0 Å². The van der Waals surface area contributed by atoms with Crippen molar-refractivity contribution in [3.63, 3.8) is 0 Å². The van der Waals surface area contributed by atoms with Gasteiger partial charge in [-0.25, -0.2) is 0 Å². The van der Waals surface area contributed by atoms with Crippen LogP contribution in [-0.4, -0.2) is 31.1 Å². The van der Waals surface area contributed by atoms with Crippen LogP contribution < -0.4 is 5.32 Å². The third-order valence-electron chi connectivity index (χ3n) is 3.41. The van der Waals surface area contributed by atoms with Crippen molar-refractivity contribution < 1.29 is 0 Å². The Morgan fingerprint density at radius 2 is 2.18 bits per heavy atom. The van der Waals surface area contributed by atoms with Gasteiger partial charge < -0.3 is 5.32 Å². The zero-order chi connectivity index (χ0) is 12.1. The molecule has 1 N–H and O–H groups in total. The van der Waals surface area contributed by atoms with Gasteiger partial charge in [-0.1, -0.05) is 12.1 Å². The fourth-order valence-corrected chi connectivity index (χ4v) is 2.49. The predicted octanol–water partition coefficient (Wildman–Crippen LogP) is 1.74. The average Bonchev–Trinajstić information content (AvgIpc) is 2.78. The van der Waals surface area contributed by atoms with Gasteiger partial charge in [-0.15, -0.1) is 0 Å². The van der Waals surface area contributed by atoms with E-state index in [1.807, 2.05) is 19.2 Å². The van der Waals surface area contributed by atoms with Gasteiger partial charge >= 0.3 is 0 Å². The minimum Gasteiger partial charge on any atom is -0.318 e. The third-order valence-corrected chi connectivity index (χ3v) is 3.41. The van der Waals surface area contributed by atoms with Crippen LogP contribution in [-0.2, 0) is 6.54 Å². The van der Waals surface area contributed by atoms with E-state index >= 15 is 0 Å². The highest BCUT2D eigenvalue weighted by molar-refractivity contribution is 5.31. The van der Waals surface area contributed by atoms with E-state index in [4.69, 9.17) is 5.26 Å². The highest BCUT2D eigenvalue weighted by Crippen LogP contribution is 2.19. The lowest BCUT2D eigenvalue weighted by molar-refractivity contribution is 0.242. The molecule has 1 heterocycles. The molecule has 0 bridgehead atoms. The molecule has 1 fully saturated rings. The first-order chi connectivity index (χ1) is 8.33. The molecule has 0 amide bonds. The zero-order valence-electron chi connectivity index (χ0n) is 10.3. The van der Waals surface area contributed by atoms with Crippen LogP contribution in [0.3, 0.4) is 0 Å². The van der Waals surface area contributed by atoms with Crippen molar-refractivity contribution in [2.75, 3.05) is 20.1 Å². The number of hydrogen-bond donors (Lipinski definition) is 1. The fraction of sp³-hybridized carbons (Fsp3) is 0.500. The summed E-state index contributed by atoms with van der Waals surface area (Å²) >= 11 is 0. The van der Waals surface area contributed by atoms with Crippen molar-refractivity contribution in [1.82, 2.24) is 10.2 Å². The number of nitriles is 1. The molecule has 3 heteroatoms. The number of nitrogens with one attached hydrogen (secondary N) is 1. The Morgan fingerprint density at radius 1 is 1.41 bits per heavy atom. The van der Waals surface area contributed by atoms with Gasteiger partial charge in [0.15, 0.2) is 0 Å². The van der Waals surface area contributed by atoms with Gasteiger partial charge in [-0.05, 0) is 44.1 Å². The van der Waals surface area contributed by atoms with Gasteiger partial charge in [0.2, 0.25) is 0 Å². The number of nitrogens with zero attached hydrogens (tertiary/aromatic N) is 2. The van der Waals surface area contributed by atoms with E-state index in [2.05, 4.69) is 28.4 Å². The van der Waals surface area contributed by atoms with Gasteiger partial charge in [-0.3, -0.25) is 4.90 Å². The standard InChI is InChI=1S/C14H19N3/c1-16-10-14-3-2-8-17(14)11-13-6-4-12(9-15)5-7-13/h4-7,14,16H,2-3,8,10-11H2,1H3. The SMILES string of the molecule is CNCC1CCCN1Cc1ccc(C#N)cc1. The molecule has 1 aliphatic rings. The van der Waals surface area contributed by atoms with E-state index < -0.39 is 0 Å².